The van der Waals surface area contributed by atoms with E-state index < -0.39 is 0 Å². The summed E-state index contributed by atoms with van der Waals surface area (Å²) in [5.41, 5.74) is 4.40. The molecule has 29 heavy (non-hydrogen) atoms. The molecule has 4 aromatic rings. The summed E-state index contributed by atoms with van der Waals surface area (Å²) in [5, 5.41) is 8.13. The van der Waals surface area contributed by atoms with E-state index in [-0.39, 0.29) is 18.0 Å². The first-order chi connectivity index (χ1) is 13.9. The lowest BCUT2D eigenvalue weighted by Gasteiger charge is -2.10. The Morgan fingerprint density at radius 3 is 2.55 bits per heavy atom. The summed E-state index contributed by atoms with van der Waals surface area (Å²) in [6, 6.07) is 15.4. The summed E-state index contributed by atoms with van der Waals surface area (Å²) >= 11 is 1.44. The van der Waals surface area contributed by atoms with Gasteiger partial charge in [-0.2, -0.15) is 5.10 Å². The summed E-state index contributed by atoms with van der Waals surface area (Å²) < 4.78 is 1.94. The number of thiazole rings is 1. The number of hydrogen-bond donors (Lipinski definition) is 1. The summed E-state index contributed by atoms with van der Waals surface area (Å²) in [4.78, 5) is 29.8. The fourth-order valence-electron chi connectivity index (χ4n) is 3.13. The molecule has 0 aliphatic rings. The number of hydrogen-bond acceptors (Lipinski definition) is 5. The van der Waals surface area contributed by atoms with E-state index in [1.165, 1.54) is 16.0 Å². The molecule has 0 aliphatic heterocycles. The van der Waals surface area contributed by atoms with Crippen LogP contribution in [0.5, 0.6) is 0 Å². The number of benzene rings is 2. The molecule has 146 valence electrons. The second kappa shape index (κ2) is 7.60. The number of rotatable bonds is 4. The normalized spacial score (nSPS) is 11.0. The van der Waals surface area contributed by atoms with Crippen molar-refractivity contribution in [1.82, 2.24) is 14.8 Å². The average Bonchev–Trinajstić information content (AvgIpc) is 3.07. The molecular weight excluding hydrogens is 384 g/mol. The van der Waals surface area contributed by atoms with Crippen molar-refractivity contribution in [3.8, 4) is 11.3 Å². The molecule has 0 unspecified atom stereocenters. The van der Waals surface area contributed by atoms with Crippen molar-refractivity contribution in [2.45, 2.75) is 27.3 Å². The summed E-state index contributed by atoms with van der Waals surface area (Å²) in [6.45, 7) is 5.64. The van der Waals surface area contributed by atoms with Crippen LogP contribution in [0.15, 0.2) is 53.3 Å². The van der Waals surface area contributed by atoms with Gasteiger partial charge in [-0.05, 0) is 38.5 Å². The Bertz CT molecular complexity index is 1270. The minimum Gasteiger partial charge on any atom is -0.324 e. The molecule has 0 spiro atoms. The van der Waals surface area contributed by atoms with E-state index in [1.807, 2.05) is 69.3 Å². The molecule has 7 heteroatoms. The molecule has 0 atom stereocenters. The predicted octanol–water partition coefficient (Wildman–Crippen LogP) is 4.08. The first-order valence-corrected chi connectivity index (χ1v) is 10.0. The fourth-order valence-corrected chi connectivity index (χ4v) is 4.05. The Kier molecular flexibility index (Phi) is 4.98. The van der Waals surface area contributed by atoms with E-state index in [9.17, 15) is 9.59 Å². The molecule has 0 saturated heterocycles. The molecule has 0 bridgehead atoms. The highest BCUT2D eigenvalue weighted by Crippen LogP contribution is 2.29. The van der Waals surface area contributed by atoms with Gasteiger partial charge >= 0.3 is 0 Å². The molecule has 0 saturated carbocycles. The smallest absolute Gasteiger partial charge is 0.294 e. The Balaban J connectivity index is 1.74. The summed E-state index contributed by atoms with van der Waals surface area (Å²) in [6.07, 6.45) is 0. The summed E-state index contributed by atoms with van der Waals surface area (Å²) in [7, 11) is 0. The molecule has 2 aromatic carbocycles. The van der Waals surface area contributed by atoms with Gasteiger partial charge in [0.2, 0.25) is 5.91 Å². The van der Waals surface area contributed by atoms with Crippen molar-refractivity contribution in [1.29, 1.82) is 0 Å². The average molecular weight is 404 g/mol. The van der Waals surface area contributed by atoms with Crippen molar-refractivity contribution in [2.24, 2.45) is 0 Å². The highest BCUT2D eigenvalue weighted by atomic mass is 32.1. The molecule has 6 nitrogen and oxygen atoms in total. The van der Waals surface area contributed by atoms with Crippen LogP contribution in [0.3, 0.4) is 0 Å². The van der Waals surface area contributed by atoms with Crippen LogP contribution >= 0.6 is 11.3 Å². The zero-order valence-corrected chi connectivity index (χ0v) is 17.2. The van der Waals surface area contributed by atoms with Gasteiger partial charge in [0.15, 0.2) is 5.52 Å². The first-order valence-electron chi connectivity index (χ1n) is 9.22. The number of nitrogens with one attached hydrogen (secondary N) is 1. The largest absolute Gasteiger partial charge is 0.324 e. The Labute approximate surface area is 171 Å². The molecule has 0 radical (unpaired) electrons. The third-order valence-electron chi connectivity index (χ3n) is 4.53. The van der Waals surface area contributed by atoms with Crippen LogP contribution in [0.25, 0.3) is 21.5 Å². The number of fused-ring (bicyclic) bond motifs is 1. The van der Waals surface area contributed by atoms with Gasteiger partial charge in [0, 0.05) is 11.3 Å². The van der Waals surface area contributed by atoms with Gasteiger partial charge in [0.25, 0.3) is 5.56 Å². The molecule has 4 rings (SSSR count). The number of carbonyl (C=O) groups excluding carboxylic acids is 1. The van der Waals surface area contributed by atoms with Crippen molar-refractivity contribution in [3.05, 3.63) is 75.0 Å². The quantitative estimate of drug-likeness (QED) is 0.556. The van der Waals surface area contributed by atoms with E-state index in [1.54, 1.807) is 0 Å². The lowest BCUT2D eigenvalue weighted by molar-refractivity contribution is -0.117. The molecule has 0 fully saturated rings. The van der Waals surface area contributed by atoms with Crippen LogP contribution in [0.1, 0.15) is 16.1 Å². The second-order valence-electron chi connectivity index (χ2n) is 7.01. The summed E-state index contributed by atoms with van der Waals surface area (Å²) in [5.74, 6) is -0.314. The van der Waals surface area contributed by atoms with Crippen LogP contribution in [-0.2, 0) is 11.3 Å². The van der Waals surface area contributed by atoms with Gasteiger partial charge in [0.1, 0.15) is 12.2 Å². The van der Waals surface area contributed by atoms with E-state index >= 15 is 0 Å². The molecule has 1 amide bonds. The second-order valence-corrected chi connectivity index (χ2v) is 8.21. The van der Waals surface area contributed by atoms with Gasteiger partial charge in [-0.15, -0.1) is 11.3 Å². The lowest BCUT2D eigenvalue weighted by Crippen LogP contribution is -2.30. The Morgan fingerprint density at radius 1 is 1.07 bits per heavy atom. The van der Waals surface area contributed by atoms with Crippen LogP contribution < -0.4 is 10.9 Å². The SMILES string of the molecule is Cc1ccc(-c2nn(CC(=O)Nc3cccc(C)c3)c(=O)c3nc(C)sc23)cc1. The zero-order chi connectivity index (χ0) is 20.5. The number of aromatic nitrogens is 3. The molecule has 1 N–H and O–H groups in total. The van der Waals surface area contributed by atoms with Crippen LogP contribution in [0.2, 0.25) is 0 Å². The molecule has 2 aromatic heterocycles. The minimum absolute atomic E-state index is 0.182. The molecule has 2 heterocycles. The van der Waals surface area contributed by atoms with E-state index in [0.717, 1.165) is 26.4 Å². The van der Waals surface area contributed by atoms with Crippen molar-refractivity contribution in [3.63, 3.8) is 0 Å². The fraction of sp³-hybridized carbons (Fsp3) is 0.182. The zero-order valence-electron chi connectivity index (χ0n) is 16.4. The molecule has 0 aliphatic carbocycles. The van der Waals surface area contributed by atoms with E-state index in [0.29, 0.717) is 16.9 Å². The highest BCUT2D eigenvalue weighted by molar-refractivity contribution is 7.19. The van der Waals surface area contributed by atoms with Crippen molar-refractivity contribution in [2.75, 3.05) is 5.32 Å². The number of aryl methyl sites for hydroxylation is 3. The standard InChI is InChI=1S/C22H20N4O2S/c1-13-7-9-16(10-8-13)19-21-20(23-15(3)29-21)22(28)26(25-19)12-18(27)24-17-6-4-5-14(2)11-17/h4-11H,12H2,1-3H3,(H,24,27). The lowest BCUT2D eigenvalue weighted by atomic mass is 10.1. The third kappa shape index (κ3) is 3.95. The topological polar surface area (TPSA) is 76.9 Å². The van der Waals surface area contributed by atoms with Crippen LogP contribution in [0.4, 0.5) is 5.69 Å². The maximum absolute atomic E-state index is 12.9. The number of amides is 1. The predicted molar refractivity (Wildman–Crippen MR) is 116 cm³/mol. The van der Waals surface area contributed by atoms with E-state index in [2.05, 4.69) is 15.4 Å². The highest BCUT2D eigenvalue weighted by Gasteiger charge is 2.18. The Hall–Kier alpha value is -3.32. The van der Waals surface area contributed by atoms with Gasteiger partial charge < -0.3 is 5.32 Å². The van der Waals surface area contributed by atoms with Crippen molar-refractivity contribution < 1.29 is 4.79 Å². The van der Waals surface area contributed by atoms with Gasteiger partial charge in [-0.3, -0.25) is 9.59 Å². The van der Waals surface area contributed by atoms with Gasteiger partial charge in [-0.25, -0.2) is 9.67 Å². The van der Waals surface area contributed by atoms with Crippen molar-refractivity contribution >= 4 is 33.1 Å². The number of carbonyl (C=O) groups is 1. The van der Waals surface area contributed by atoms with Gasteiger partial charge in [-0.1, -0.05) is 42.0 Å². The maximum Gasteiger partial charge on any atom is 0.294 e. The minimum atomic E-state index is -0.361. The maximum atomic E-state index is 12.9. The number of anilines is 1. The van der Waals surface area contributed by atoms with Gasteiger partial charge in [0.05, 0.1) is 9.71 Å². The van der Waals surface area contributed by atoms with E-state index in [4.69, 9.17) is 0 Å². The monoisotopic (exact) mass is 404 g/mol. The Morgan fingerprint density at radius 2 is 1.83 bits per heavy atom. The van der Waals surface area contributed by atoms with Crippen LogP contribution in [0, 0.1) is 20.8 Å². The number of nitrogens with zero attached hydrogens (tertiary/aromatic N) is 3. The third-order valence-corrected chi connectivity index (χ3v) is 5.50. The van der Waals surface area contributed by atoms with Crippen LogP contribution in [-0.4, -0.2) is 20.7 Å². The molecular formula is C22H20N4O2S. The first kappa shape index (κ1) is 19.0.